The predicted octanol–water partition coefficient (Wildman–Crippen LogP) is 3.76. The van der Waals surface area contributed by atoms with E-state index in [1.165, 1.54) is 35.6 Å². The van der Waals surface area contributed by atoms with Crippen LogP contribution in [0.2, 0.25) is 0 Å². The number of nitrogens with one attached hydrogen (secondary N) is 1. The number of amides is 1. The highest BCUT2D eigenvalue weighted by Gasteiger charge is 2.21. The Morgan fingerprint density at radius 3 is 3.00 bits per heavy atom. The zero-order valence-corrected chi connectivity index (χ0v) is 14.5. The quantitative estimate of drug-likeness (QED) is 0.903. The standard InChI is InChI=1S/C17H22N2OS2/c1-13-6-9-22-16(13)17(20)18-10-14-4-2-7-19(11-14)12-15-5-3-8-21-15/h3,5-6,8-9,14H,2,4,7,10-12H2,1H3,(H,18,20). The maximum absolute atomic E-state index is 12.2. The van der Waals surface area contributed by atoms with Crippen LogP contribution in [0.15, 0.2) is 29.0 Å². The lowest BCUT2D eigenvalue weighted by Crippen LogP contribution is -2.40. The zero-order chi connectivity index (χ0) is 15.4. The normalized spacial score (nSPS) is 19.2. The molecule has 1 atom stereocenters. The van der Waals surface area contributed by atoms with Crippen LogP contribution in [0.25, 0.3) is 0 Å². The molecule has 1 amide bonds. The van der Waals surface area contributed by atoms with Crippen molar-refractivity contribution >= 4 is 28.6 Å². The zero-order valence-electron chi connectivity index (χ0n) is 12.9. The third-order valence-electron chi connectivity index (χ3n) is 4.18. The lowest BCUT2D eigenvalue weighted by Gasteiger charge is -2.32. The fourth-order valence-corrected chi connectivity index (χ4v) is 4.59. The second kappa shape index (κ2) is 7.40. The van der Waals surface area contributed by atoms with E-state index in [-0.39, 0.29) is 5.91 Å². The van der Waals surface area contributed by atoms with Crippen LogP contribution in [0.1, 0.15) is 33.0 Å². The number of likely N-dealkylation sites (tertiary alicyclic amines) is 1. The van der Waals surface area contributed by atoms with Crippen molar-refractivity contribution in [1.29, 1.82) is 0 Å². The smallest absolute Gasteiger partial charge is 0.261 e. The Labute approximate surface area is 140 Å². The molecule has 3 nitrogen and oxygen atoms in total. The minimum absolute atomic E-state index is 0.0860. The lowest BCUT2D eigenvalue weighted by molar-refractivity contribution is 0.0934. The first-order chi connectivity index (χ1) is 10.7. The van der Waals surface area contributed by atoms with Crippen molar-refractivity contribution in [2.45, 2.75) is 26.3 Å². The van der Waals surface area contributed by atoms with Crippen LogP contribution in [0.5, 0.6) is 0 Å². The van der Waals surface area contributed by atoms with Gasteiger partial charge in [-0.15, -0.1) is 22.7 Å². The van der Waals surface area contributed by atoms with Crippen molar-refractivity contribution in [2.24, 2.45) is 5.92 Å². The molecule has 1 saturated heterocycles. The van der Waals surface area contributed by atoms with Crippen molar-refractivity contribution in [3.63, 3.8) is 0 Å². The molecule has 2 aromatic heterocycles. The average Bonchev–Trinajstić information content (AvgIpc) is 3.17. The highest BCUT2D eigenvalue weighted by Crippen LogP contribution is 2.20. The molecule has 3 rings (SSSR count). The number of carbonyl (C=O) groups excluding carboxylic acids is 1. The highest BCUT2D eigenvalue weighted by atomic mass is 32.1. The summed E-state index contributed by atoms with van der Waals surface area (Å²) in [6.45, 7) is 6.09. The molecule has 0 aliphatic carbocycles. The van der Waals surface area contributed by atoms with Gasteiger partial charge in [0.2, 0.25) is 0 Å². The molecule has 5 heteroatoms. The molecule has 118 valence electrons. The van der Waals surface area contributed by atoms with E-state index >= 15 is 0 Å². The summed E-state index contributed by atoms with van der Waals surface area (Å²) in [6, 6.07) is 6.32. The van der Waals surface area contributed by atoms with Gasteiger partial charge in [-0.05, 0) is 60.7 Å². The Kier molecular flexibility index (Phi) is 5.28. The second-order valence-electron chi connectivity index (χ2n) is 5.97. The van der Waals surface area contributed by atoms with E-state index in [1.54, 1.807) is 0 Å². The first kappa shape index (κ1) is 15.7. The van der Waals surface area contributed by atoms with Gasteiger partial charge < -0.3 is 5.32 Å². The Morgan fingerprint density at radius 2 is 2.27 bits per heavy atom. The second-order valence-corrected chi connectivity index (χ2v) is 7.91. The largest absolute Gasteiger partial charge is 0.351 e. The summed E-state index contributed by atoms with van der Waals surface area (Å²) in [5.74, 6) is 0.654. The lowest BCUT2D eigenvalue weighted by atomic mass is 9.98. The molecule has 1 aliphatic heterocycles. The van der Waals surface area contributed by atoms with Crippen LogP contribution < -0.4 is 5.32 Å². The Balaban J connectivity index is 1.48. The van der Waals surface area contributed by atoms with Gasteiger partial charge in [-0.1, -0.05) is 6.07 Å². The first-order valence-corrected chi connectivity index (χ1v) is 9.55. The van der Waals surface area contributed by atoms with Crippen LogP contribution in [0.4, 0.5) is 0 Å². The minimum Gasteiger partial charge on any atom is -0.351 e. The fourth-order valence-electron chi connectivity index (χ4n) is 3.01. The average molecular weight is 335 g/mol. The molecule has 0 aromatic carbocycles. The van der Waals surface area contributed by atoms with Crippen molar-refractivity contribution in [2.75, 3.05) is 19.6 Å². The SMILES string of the molecule is Cc1ccsc1C(=O)NCC1CCCN(Cc2cccs2)C1. The molecule has 0 radical (unpaired) electrons. The summed E-state index contributed by atoms with van der Waals surface area (Å²) < 4.78 is 0. The molecule has 0 saturated carbocycles. The van der Waals surface area contributed by atoms with Crippen molar-refractivity contribution < 1.29 is 4.79 Å². The van der Waals surface area contributed by atoms with Crippen molar-refractivity contribution in [3.8, 4) is 0 Å². The van der Waals surface area contributed by atoms with Gasteiger partial charge in [0.15, 0.2) is 0 Å². The van der Waals surface area contributed by atoms with Crippen LogP contribution >= 0.6 is 22.7 Å². The van der Waals surface area contributed by atoms with Crippen LogP contribution in [-0.2, 0) is 6.54 Å². The summed E-state index contributed by atoms with van der Waals surface area (Å²) in [5.41, 5.74) is 1.07. The van der Waals surface area contributed by atoms with Gasteiger partial charge in [-0.25, -0.2) is 0 Å². The molecule has 3 heterocycles. The molecule has 1 fully saturated rings. The van der Waals surface area contributed by atoms with Gasteiger partial charge in [-0.3, -0.25) is 9.69 Å². The van der Waals surface area contributed by atoms with Gasteiger partial charge in [0.1, 0.15) is 0 Å². The summed E-state index contributed by atoms with van der Waals surface area (Å²) in [4.78, 5) is 17.0. The van der Waals surface area contributed by atoms with E-state index in [0.717, 1.165) is 30.1 Å². The predicted molar refractivity (Wildman–Crippen MR) is 93.7 cm³/mol. The maximum Gasteiger partial charge on any atom is 0.261 e. The molecule has 22 heavy (non-hydrogen) atoms. The van der Waals surface area contributed by atoms with E-state index in [9.17, 15) is 4.79 Å². The minimum atomic E-state index is 0.0860. The molecule has 0 spiro atoms. The number of aryl methyl sites for hydroxylation is 1. The summed E-state index contributed by atoms with van der Waals surface area (Å²) in [7, 11) is 0. The fraction of sp³-hybridized carbons (Fsp3) is 0.471. The van der Waals surface area contributed by atoms with E-state index in [0.29, 0.717) is 5.92 Å². The number of hydrogen-bond donors (Lipinski definition) is 1. The van der Waals surface area contributed by atoms with Gasteiger partial charge in [0, 0.05) is 24.5 Å². The maximum atomic E-state index is 12.2. The molecular formula is C17H22N2OS2. The monoisotopic (exact) mass is 334 g/mol. The molecule has 1 aliphatic rings. The third-order valence-corrected chi connectivity index (χ3v) is 6.06. The highest BCUT2D eigenvalue weighted by molar-refractivity contribution is 7.12. The molecular weight excluding hydrogens is 312 g/mol. The van der Waals surface area contributed by atoms with Crippen molar-refractivity contribution in [1.82, 2.24) is 10.2 Å². The topological polar surface area (TPSA) is 32.3 Å². The first-order valence-electron chi connectivity index (χ1n) is 7.79. The number of carbonyl (C=O) groups is 1. The summed E-state index contributed by atoms with van der Waals surface area (Å²) in [5, 5.41) is 7.24. The van der Waals surface area contributed by atoms with E-state index in [2.05, 4.69) is 27.7 Å². The molecule has 0 bridgehead atoms. The van der Waals surface area contributed by atoms with Gasteiger partial charge in [0.25, 0.3) is 5.91 Å². The van der Waals surface area contributed by atoms with Gasteiger partial charge >= 0.3 is 0 Å². The molecule has 1 unspecified atom stereocenters. The Morgan fingerprint density at radius 1 is 1.36 bits per heavy atom. The third kappa shape index (κ3) is 3.97. The van der Waals surface area contributed by atoms with E-state index < -0.39 is 0 Å². The number of thiophene rings is 2. The van der Waals surface area contributed by atoms with Crippen LogP contribution in [0, 0.1) is 12.8 Å². The van der Waals surface area contributed by atoms with E-state index in [4.69, 9.17) is 0 Å². The number of piperidine rings is 1. The Hall–Kier alpha value is -1.17. The summed E-state index contributed by atoms with van der Waals surface area (Å²) >= 11 is 3.35. The summed E-state index contributed by atoms with van der Waals surface area (Å²) in [6.07, 6.45) is 2.44. The van der Waals surface area contributed by atoms with Crippen LogP contribution in [-0.4, -0.2) is 30.4 Å². The molecule has 2 aromatic rings. The Bertz CT molecular complexity index is 606. The van der Waals surface area contributed by atoms with E-state index in [1.807, 2.05) is 29.7 Å². The number of hydrogen-bond acceptors (Lipinski definition) is 4. The van der Waals surface area contributed by atoms with Gasteiger partial charge in [-0.2, -0.15) is 0 Å². The van der Waals surface area contributed by atoms with Gasteiger partial charge in [0.05, 0.1) is 4.88 Å². The van der Waals surface area contributed by atoms with Crippen LogP contribution in [0.3, 0.4) is 0 Å². The molecule has 1 N–H and O–H groups in total. The number of nitrogens with zero attached hydrogens (tertiary/aromatic N) is 1. The van der Waals surface area contributed by atoms with Crippen molar-refractivity contribution in [3.05, 3.63) is 44.3 Å². The number of rotatable bonds is 5.